The first-order valence-corrected chi connectivity index (χ1v) is 11.7. The van der Waals surface area contributed by atoms with Gasteiger partial charge in [-0.15, -0.1) is 0 Å². The Morgan fingerprint density at radius 1 is 0.542 bits per heavy atom. The van der Waals surface area contributed by atoms with Gasteiger partial charge in [0.1, 0.15) is 0 Å². The summed E-state index contributed by atoms with van der Waals surface area (Å²) in [6, 6.07) is 0. The molecule has 6 unspecified atom stereocenters. The molecule has 6 atom stereocenters. The largest absolute Gasteiger partial charge is 0.0625 e. The Balaban J connectivity index is 1.35. The third-order valence-corrected chi connectivity index (χ3v) is 10.4. The third-order valence-electron chi connectivity index (χ3n) is 10.4. The van der Waals surface area contributed by atoms with E-state index in [4.69, 9.17) is 0 Å². The van der Waals surface area contributed by atoms with Crippen LogP contribution in [0, 0.1) is 71.0 Å². The van der Waals surface area contributed by atoms with Gasteiger partial charge in [0, 0.05) is 0 Å². The standard InChI is InChI=1S/C24H38/c1-13(2)22(23-19-8-14-5-15(10-19)11-20(23)9-14)24-18-4-3-17-6-16(7-18)12-21(17)24/h13-24H,3-12H2,1-2H3. The van der Waals surface area contributed by atoms with E-state index in [-0.39, 0.29) is 0 Å². The van der Waals surface area contributed by atoms with Gasteiger partial charge in [0.15, 0.2) is 0 Å². The van der Waals surface area contributed by atoms with E-state index in [2.05, 4.69) is 13.8 Å². The fourth-order valence-electron chi connectivity index (χ4n) is 10.3. The fraction of sp³-hybridized carbons (Fsp3) is 1.00. The molecule has 0 aromatic rings. The van der Waals surface area contributed by atoms with Crippen molar-refractivity contribution >= 4 is 0 Å². The first-order valence-electron chi connectivity index (χ1n) is 11.7. The minimum Gasteiger partial charge on any atom is -0.0625 e. The summed E-state index contributed by atoms with van der Waals surface area (Å²) in [5.41, 5.74) is 0. The van der Waals surface area contributed by atoms with Crippen molar-refractivity contribution in [2.45, 2.75) is 78.1 Å². The highest BCUT2D eigenvalue weighted by Crippen LogP contribution is 2.66. The summed E-state index contributed by atoms with van der Waals surface area (Å²) in [5.74, 6) is 13.5. The van der Waals surface area contributed by atoms with Gasteiger partial charge < -0.3 is 0 Å². The van der Waals surface area contributed by atoms with Crippen LogP contribution in [0.15, 0.2) is 0 Å². The molecule has 0 spiro atoms. The maximum atomic E-state index is 2.62. The fourth-order valence-corrected chi connectivity index (χ4v) is 10.3. The van der Waals surface area contributed by atoms with Crippen molar-refractivity contribution in [3.05, 3.63) is 0 Å². The first kappa shape index (κ1) is 15.1. The smallest absolute Gasteiger partial charge is 0.0321 e. The van der Waals surface area contributed by atoms with Gasteiger partial charge in [0.05, 0.1) is 0 Å². The van der Waals surface area contributed by atoms with Crippen LogP contribution in [0.25, 0.3) is 0 Å². The summed E-state index contributed by atoms with van der Waals surface area (Å²) in [5, 5.41) is 0. The van der Waals surface area contributed by atoms with Gasteiger partial charge in [0.2, 0.25) is 0 Å². The summed E-state index contributed by atoms with van der Waals surface area (Å²) < 4.78 is 0. The molecule has 0 N–H and O–H groups in total. The number of fused-ring (bicyclic) bond motifs is 2. The lowest BCUT2D eigenvalue weighted by Gasteiger charge is -2.60. The molecule has 0 aliphatic heterocycles. The summed E-state index contributed by atoms with van der Waals surface area (Å²) in [6.45, 7) is 5.23. The summed E-state index contributed by atoms with van der Waals surface area (Å²) in [4.78, 5) is 0. The monoisotopic (exact) mass is 326 g/mol. The molecule has 0 aromatic carbocycles. The molecule has 0 heteroatoms. The summed E-state index contributed by atoms with van der Waals surface area (Å²) >= 11 is 0. The Labute approximate surface area is 149 Å². The molecule has 7 aliphatic rings. The van der Waals surface area contributed by atoms with Gasteiger partial charge in [-0.05, 0) is 135 Å². The lowest BCUT2D eigenvalue weighted by Crippen LogP contribution is -2.53. The second kappa shape index (κ2) is 5.26. The molecule has 0 nitrogen and oxygen atoms in total. The van der Waals surface area contributed by atoms with Crippen LogP contribution in [0.2, 0.25) is 0 Å². The first-order chi connectivity index (χ1) is 11.7. The average Bonchev–Trinajstić information content (AvgIpc) is 2.74. The van der Waals surface area contributed by atoms with Crippen LogP contribution in [-0.2, 0) is 0 Å². The molecule has 24 heavy (non-hydrogen) atoms. The number of hydrogen-bond acceptors (Lipinski definition) is 0. The predicted octanol–water partition coefficient (Wildman–Crippen LogP) is 6.40. The predicted molar refractivity (Wildman–Crippen MR) is 99.4 cm³/mol. The zero-order valence-electron chi connectivity index (χ0n) is 16.0. The van der Waals surface area contributed by atoms with E-state index in [0.717, 1.165) is 71.0 Å². The van der Waals surface area contributed by atoms with Crippen LogP contribution in [0.4, 0.5) is 0 Å². The number of hydrogen-bond donors (Lipinski definition) is 0. The van der Waals surface area contributed by atoms with E-state index in [1.807, 2.05) is 0 Å². The van der Waals surface area contributed by atoms with Crippen LogP contribution in [0.5, 0.6) is 0 Å². The van der Waals surface area contributed by atoms with Crippen molar-refractivity contribution in [3.8, 4) is 0 Å². The molecule has 7 saturated carbocycles. The Hall–Kier alpha value is 0. The highest BCUT2D eigenvalue weighted by atomic mass is 14.6. The molecule has 0 radical (unpaired) electrons. The molecule has 134 valence electrons. The highest BCUT2D eigenvalue weighted by molar-refractivity contribution is 5.07. The van der Waals surface area contributed by atoms with E-state index in [1.165, 1.54) is 0 Å². The van der Waals surface area contributed by atoms with E-state index in [0.29, 0.717) is 0 Å². The minimum atomic E-state index is 0.941. The lowest BCUT2D eigenvalue weighted by molar-refractivity contribution is -0.112. The normalized spacial score (nSPS) is 58.6. The maximum absolute atomic E-state index is 2.62. The van der Waals surface area contributed by atoms with Crippen LogP contribution in [0.3, 0.4) is 0 Å². The van der Waals surface area contributed by atoms with Gasteiger partial charge in [0.25, 0.3) is 0 Å². The molecular formula is C24H38. The van der Waals surface area contributed by atoms with Crippen LogP contribution in [0.1, 0.15) is 78.1 Å². The molecule has 0 saturated heterocycles. The van der Waals surface area contributed by atoms with Crippen molar-refractivity contribution < 1.29 is 0 Å². The van der Waals surface area contributed by atoms with Gasteiger partial charge in [-0.2, -0.15) is 0 Å². The van der Waals surface area contributed by atoms with Crippen LogP contribution >= 0.6 is 0 Å². The van der Waals surface area contributed by atoms with E-state index in [1.54, 1.807) is 64.2 Å². The molecule has 7 rings (SSSR count). The zero-order chi connectivity index (χ0) is 16.0. The Bertz CT molecular complexity index is 476. The lowest BCUT2D eigenvalue weighted by atomic mass is 9.45. The summed E-state index contributed by atoms with van der Waals surface area (Å²) in [7, 11) is 0. The topological polar surface area (TPSA) is 0 Å². The zero-order valence-corrected chi connectivity index (χ0v) is 16.0. The molecule has 0 amide bonds. The second-order valence-electron chi connectivity index (χ2n) is 11.7. The Kier molecular flexibility index (Phi) is 3.31. The molecule has 0 heterocycles. The van der Waals surface area contributed by atoms with Crippen molar-refractivity contribution in [2.24, 2.45) is 71.0 Å². The van der Waals surface area contributed by atoms with Crippen molar-refractivity contribution in [1.82, 2.24) is 0 Å². The van der Waals surface area contributed by atoms with Crippen LogP contribution < -0.4 is 0 Å². The van der Waals surface area contributed by atoms with E-state index in [9.17, 15) is 0 Å². The van der Waals surface area contributed by atoms with Crippen molar-refractivity contribution in [3.63, 3.8) is 0 Å². The molecular weight excluding hydrogens is 288 g/mol. The van der Waals surface area contributed by atoms with Gasteiger partial charge >= 0.3 is 0 Å². The van der Waals surface area contributed by atoms with Gasteiger partial charge in [-0.3, -0.25) is 0 Å². The minimum absolute atomic E-state index is 0.941. The summed E-state index contributed by atoms with van der Waals surface area (Å²) in [6.07, 6.45) is 16.3. The maximum Gasteiger partial charge on any atom is -0.0321 e. The van der Waals surface area contributed by atoms with Crippen molar-refractivity contribution in [2.75, 3.05) is 0 Å². The molecule has 7 aliphatic carbocycles. The Morgan fingerprint density at radius 2 is 1.08 bits per heavy atom. The number of rotatable bonds is 3. The average molecular weight is 327 g/mol. The molecule has 0 aromatic heterocycles. The molecule has 7 fully saturated rings. The van der Waals surface area contributed by atoms with Crippen LogP contribution in [-0.4, -0.2) is 0 Å². The van der Waals surface area contributed by atoms with E-state index < -0.39 is 0 Å². The van der Waals surface area contributed by atoms with Gasteiger partial charge in [-0.1, -0.05) is 13.8 Å². The third kappa shape index (κ3) is 2.04. The van der Waals surface area contributed by atoms with E-state index >= 15 is 0 Å². The highest BCUT2D eigenvalue weighted by Gasteiger charge is 2.58. The van der Waals surface area contributed by atoms with Gasteiger partial charge in [-0.25, -0.2) is 0 Å². The quantitative estimate of drug-likeness (QED) is 0.562. The molecule has 7 bridgehead atoms. The van der Waals surface area contributed by atoms with Crippen molar-refractivity contribution in [1.29, 1.82) is 0 Å². The Morgan fingerprint density at radius 3 is 1.75 bits per heavy atom. The second-order valence-corrected chi connectivity index (χ2v) is 11.7. The SMILES string of the molecule is CC(C)C(C1C2CC3CC(C2)CC1C3)C1C2CCC3CC(C2)CC31.